The molecule has 1 atom stereocenters. The lowest BCUT2D eigenvalue weighted by atomic mass is 9.92. The standard InChI is InChI=1S/C12H19N3O3/c1-12(2,3)9-7-10(18-14-9)13-11(16)8-5-4-6-15(8)17/h7-8,17H,4-6H2,1-3H3,(H,13,16). The van der Waals surface area contributed by atoms with Gasteiger partial charge in [0.15, 0.2) is 0 Å². The highest BCUT2D eigenvalue weighted by atomic mass is 16.5. The van der Waals surface area contributed by atoms with Crippen LogP contribution in [0.4, 0.5) is 5.88 Å². The van der Waals surface area contributed by atoms with Crippen LogP contribution in [0.3, 0.4) is 0 Å². The van der Waals surface area contributed by atoms with Crippen molar-refractivity contribution in [2.75, 3.05) is 11.9 Å². The lowest BCUT2D eigenvalue weighted by molar-refractivity contribution is -0.140. The van der Waals surface area contributed by atoms with Gasteiger partial charge in [-0.25, -0.2) is 0 Å². The number of rotatable bonds is 2. The van der Waals surface area contributed by atoms with Gasteiger partial charge in [0, 0.05) is 18.0 Å². The number of aromatic nitrogens is 1. The van der Waals surface area contributed by atoms with Gasteiger partial charge in [0.25, 0.3) is 0 Å². The molecule has 0 saturated carbocycles. The quantitative estimate of drug-likeness (QED) is 0.839. The zero-order chi connectivity index (χ0) is 13.3. The summed E-state index contributed by atoms with van der Waals surface area (Å²) in [5, 5.41) is 17.1. The van der Waals surface area contributed by atoms with Crippen molar-refractivity contribution in [2.24, 2.45) is 0 Å². The van der Waals surface area contributed by atoms with Crippen molar-refractivity contribution in [3.8, 4) is 0 Å². The van der Waals surface area contributed by atoms with Crippen LogP contribution in [0.1, 0.15) is 39.3 Å². The van der Waals surface area contributed by atoms with E-state index in [4.69, 9.17) is 4.52 Å². The topological polar surface area (TPSA) is 78.6 Å². The lowest BCUT2D eigenvalue weighted by Crippen LogP contribution is -2.37. The van der Waals surface area contributed by atoms with E-state index >= 15 is 0 Å². The molecule has 18 heavy (non-hydrogen) atoms. The molecule has 6 heteroatoms. The fourth-order valence-electron chi connectivity index (χ4n) is 1.91. The smallest absolute Gasteiger partial charge is 0.246 e. The largest absolute Gasteiger partial charge is 0.338 e. The predicted octanol–water partition coefficient (Wildman–Crippen LogP) is 1.76. The fraction of sp³-hybridized carbons (Fsp3) is 0.667. The van der Waals surface area contributed by atoms with E-state index in [1.807, 2.05) is 20.8 Å². The first kappa shape index (κ1) is 13.0. The number of nitrogens with one attached hydrogen (secondary N) is 1. The fourth-order valence-corrected chi connectivity index (χ4v) is 1.91. The molecule has 1 fully saturated rings. The minimum Gasteiger partial charge on any atom is -0.338 e. The summed E-state index contributed by atoms with van der Waals surface area (Å²) in [6.07, 6.45) is 1.47. The van der Waals surface area contributed by atoms with Gasteiger partial charge in [0.1, 0.15) is 6.04 Å². The maximum atomic E-state index is 11.9. The molecule has 1 unspecified atom stereocenters. The van der Waals surface area contributed by atoms with Crippen molar-refractivity contribution in [1.82, 2.24) is 10.2 Å². The Morgan fingerprint density at radius 2 is 2.33 bits per heavy atom. The number of carbonyl (C=O) groups is 1. The SMILES string of the molecule is CC(C)(C)c1cc(NC(=O)C2CCCN2O)on1. The summed E-state index contributed by atoms with van der Waals surface area (Å²) in [5.41, 5.74) is 0.660. The minimum atomic E-state index is -0.492. The predicted molar refractivity (Wildman–Crippen MR) is 65.3 cm³/mol. The number of hydrogen-bond donors (Lipinski definition) is 2. The second-order valence-corrected chi connectivity index (χ2v) is 5.64. The molecule has 0 radical (unpaired) electrons. The van der Waals surface area contributed by atoms with E-state index in [9.17, 15) is 10.0 Å². The Bertz CT molecular complexity index is 436. The summed E-state index contributed by atoms with van der Waals surface area (Å²) in [4.78, 5) is 11.9. The molecular weight excluding hydrogens is 234 g/mol. The van der Waals surface area contributed by atoms with Crippen LogP contribution in [0.25, 0.3) is 0 Å². The van der Waals surface area contributed by atoms with Crippen LogP contribution in [0.5, 0.6) is 0 Å². The summed E-state index contributed by atoms with van der Waals surface area (Å²) in [7, 11) is 0. The molecule has 0 spiro atoms. The van der Waals surface area contributed by atoms with E-state index in [1.54, 1.807) is 6.07 Å². The molecule has 2 heterocycles. The Hall–Kier alpha value is -1.40. The van der Waals surface area contributed by atoms with E-state index in [-0.39, 0.29) is 11.3 Å². The molecule has 1 aromatic rings. The average Bonchev–Trinajstić information content (AvgIpc) is 2.85. The van der Waals surface area contributed by atoms with E-state index < -0.39 is 6.04 Å². The van der Waals surface area contributed by atoms with Crippen molar-refractivity contribution in [2.45, 2.75) is 45.1 Å². The maximum absolute atomic E-state index is 11.9. The zero-order valence-corrected chi connectivity index (χ0v) is 10.9. The average molecular weight is 253 g/mol. The van der Waals surface area contributed by atoms with Gasteiger partial charge >= 0.3 is 0 Å². The summed E-state index contributed by atoms with van der Waals surface area (Å²) >= 11 is 0. The van der Waals surface area contributed by atoms with Crippen molar-refractivity contribution in [3.05, 3.63) is 11.8 Å². The van der Waals surface area contributed by atoms with Gasteiger partial charge in [-0.05, 0) is 12.8 Å². The van der Waals surface area contributed by atoms with Crippen LogP contribution >= 0.6 is 0 Å². The van der Waals surface area contributed by atoms with Gasteiger partial charge in [-0.1, -0.05) is 25.9 Å². The van der Waals surface area contributed by atoms with Gasteiger partial charge < -0.3 is 9.73 Å². The Morgan fingerprint density at radius 3 is 2.83 bits per heavy atom. The maximum Gasteiger partial charge on any atom is 0.246 e. The normalized spacial score (nSPS) is 21.2. The molecule has 100 valence electrons. The summed E-state index contributed by atoms with van der Waals surface area (Å²) in [5.74, 6) is 0.0665. The third-order valence-corrected chi connectivity index (χ3v) is 3.05. The van der Waals surface area contributed by atoms with Crippen molar-refractivity contribution in [1.29, 1.82) is 0 Å². The number of hydrogen-bond acceptors (Lipinski definition) is 5. The number of carbonyl (C=O) groups excluding carboxylic acids is 1. The second-order valence-electron chi connectivity index (χ2n) is 5.64. The lowest BCUT2D eigenvalue weighted by Gasteiger charge is -2.15. The molecule has 1 amide bonds. The van der Waals surface area contributed by atoms with Crippen LogP contribution < -0.4 is 5.32 Å². The first-order valence-corrected chi connectivity index (χ1v) is 6.11. The third-order valence-electron chi connectivity index (χ3n) is 3.05. The van der Waals surface area contributed by atoms with Crippen molar-refractivity contribution in [3.63, 3.8) is 0 Å². The van der Waals surface area contributed by atoms with Crippen LogP contribution in [0.15, 0.2) is 10.6 Å². The molecule has 1 aliphatic heterocycles. The van der Waals surface area contributed by atoms with Crippen LogP contribution in [-0.2, 0) is 10.2 Å². The Labute approximate surface area is 106 Å². The van der Waals surface area contributed by atoms with Gasteiger partial charge in [0.2, 0.25) is 11.8 Å². The highest BCUT2D eigenvalue weighted by molar-refractivity contribution is 5.93. The van der Waals surface area contributed by atoms with Crippen molar-refractivity contribution >= 4 is 11.8 Å². The Kier molecular flexibility index (Phi) is 3.41. The third kappa shape index (κ3) is 2.70. The highest BCUT2D eigenvalue weighted by Crippen LogP contribution is 2.24. The van der Waals surface area contributed by atoms with E-state index in [0.717, 1.165) is 17.2 Å². The van der Waals surface area contributed by atoms with E-state index in [1.165, 1.54) is 0 Å². The number of anilines is 1. The van der Waals surface area contributed by atoms with Gasteiger partial charge in [-0.15, -0.1) is 0 Å². The summed E-state index contributed by atoms with van der Waals surface area (Å²) in [6, 6.07) is 1.22. The first-order chi connectivity index (χ1) is 8.38. The van der Waals surface area contributed by atoms with Gasteiger partial charge in [0.05, 0.1) is 5.69 Å². The molecule has 0 bridgehead atoms. The molecule has 6 nitrogen and oxygen atoms in total. The molecule has 2 rings (SSSR count). The van der Waals surface area contributed by atoms with Gasteiger partial charge in [-0.2, -0.15) is 5.06 Å². The first-order valence-electron chi connectivity index (χ1n) is 6.11. The zero-order valence-electron chi connectivity index (χ0n) is 10.9. The molecule has 0 aliphatic carbocycles. The molecule has 0 aromatic carbocycles. The summed E-state index contributed by atoms with van der Waals surface area (Å²) < 4.78 is 5.07. The van der Waals surface area contributed by atoms with Crippen LogP contribution in [-0.4, -0.2) is 33.9 Å². The van der Waals surface area contributed by atoms with Crippen LogP contribution in [0, 0.1) is 0 Å². The number of nitrogens with zero attached hydrogens (tertiary/aromatic N) is 2. The van der Waals surface area contributed by atoms with E-state index in [0.29, 0.717) is 18.8 Å². The van der Waals surface area contributed by atoms with Crippen LogP contribution in [0.2, 0.25) is 0 Å². The molecule has 1 aliphatic rings. The molecular formula is C12H19N3O3. The van der Waals surface area contributed by atoms with Crippen molar-refractivity contribution < 1.29 is 14.5 Å². The monoisotopic (exact) mass is 253 g/mol. The molecule has 1 saturated heterocycles. The van der Waals surface area contributed by atoms with E-state index in [2.05, 4.69) is 10.5 Å². The number of amides is 1. The Morgan fingerprint density at radius 1 is 1.61 bits per heavy atom. The van der Waals surface area contributed by atoms with Gasteiger partial charge in [-0.3, -0.25) is 10.1 Å². The molecule has 2 N–H and O–H groups in total. The Balaban J connectivity index is 2.01. The minimum absolute atomic E-state index is 0.122. The highest BCUT2D eigenvalue weighted by Gasteiger charge is 2.30. The summed E-state index contributed by atoms with van der Waals surface area (Å²) in [6.45, 7) is 6.58. The number of hydroxylamine groups is 2. The second kappa shape index (κ2) is 4.70. The molecule has 1 aromatic heterocycles.